The molecule has 0 aromatic heterocycles. The smallest absolute Gasteiger partial charge is 0.343 e. The molecule has 1 aliphatic rings. The van der Waals surface area contributed by atoms with Crippen molar-refractivity contribution in [1.29, 1.82) is 0 Å². The van der Waals surface area contributed by atoms with Crippen molar-refractivity contribution in [2.45, 2.75) is 56.1 Å². The van der Waals surface area contributed by atoms with Crippen molar-refractivity contribution >= 4 is 24.5 Å². The maximum atomic E-state index is 14.7. The van der Waals surface area contributed by atoms with Crippen molar-refractivity contribution < 1.29 is 36.6 Å². The van der Waals surface area contributed by atoms with E-state index in [2.05, 4.69) is 22.7 Å². The Balaban J connectivity index is 1.79. The van der Waals surface area contributed by atoms with E-state index in [-0.39, 0.29) is 17.9 Å². The third-order valence-electron chi connectivity index (χ3n) is 6.06. The number of methoxy groups -OCH3 is 1. The minimum absolute atomic E-state index is 0.0242. The van der Waals surface area contributed by atoms with Crippen molar-refractivity contribution in [2.75, 3.05) is 13.7 Å². The Labute approximate surface area is 206 Å². The van der Waals surface area contributed by atoms with Gasteiger partial charge in [0.15, 0.2) is 11.6 Å². The van der Waals surface area contributed by atoms with Gasteiger partial charge >= 0.3 is 5.97 Å². The summed E-state index contributed by atoms with van der Waals surface area (Å²) in [5, 5.41) is 2.36. The van der Waals surface area contributed by atoms with Crippen LogP contribution in [-0.4, -0.2) is 30.3 Å². The van der Waals surface area contributed by atoms with Crippen LogP contribution in [-0.2, 0) is 0 Å². The van der Waals surface area contributed by atoms with Gasteiger partial charge in [-0.2, -0.15) is 21.4 Å². The molecule has 1 fully saturated rings. The molecular weight excluding hydrogens is 486 g/mol. The molecule has 10 heteroatoms. The monoisotopic (exact) mass is 513 g/mol. The number of rotatable bonds is 6. The van der Waals surface area contributed by atoms with Gasteiger partial charge in [0.25, 0.3) is 5.91 Å². The SMILES string of the molecule is COc1cccc(C(=O)Oc2c(F)c(F)c(C(=O)NCC3(S)CCCCCCCC3)c(F)c2F)c1. The molecule has 0 bridgehead atoms. The average molecular weight is 514 g/mol. The normalized spacial score (nSPS) is 15.9. The summed E-state index contributed by atoms with van der Waals surface area (Å²) in [6, 6.07) is 5.41. The molecule has 0 atom stereocenters. The molecule has 5 nitrogen and oxygen atoms in total. The van der Waals surface area contributed by atoms with Crippen LogP contribution in [0.1, 0.15) is 72.1 Å². The molecule has 2 aromatic rings. The van der Waals surface area contributed by atoms with Crippen molar-refractivity contribution in [3.63, 3.8) is 0 Å². The summed E-state index contributed by atoms with van der Waals surface area (Å²) in [5.41, 5.74) is -1.60. The van der Waals surface area contributed by atoms with E-state index in [1.807, 2.05) is 0 Å². The number of hydrogen-bond donors (Lipinski definition) is 2. The van der Waals surface area contributed by atoms with Gasteiger partial charge in [-0.1, -0.05) is 44.6 Å². The lowest BCUT2D eigenvalue weighted by Crippen LogP contribution is -2.39. The number of carbonyl (C=O) groups excluding carboxylic acids is 2. The quantitative estimate of drug-likeness (QED) is 0.163. The molecule has 1 N–H and O–H groups in total. The van der Waals surface area contributed by atoms with Crippen molar-refractivity contribution in [1.82, 2.24) is 5.32 Å². The van der Waals surface area contributed by atoms with Gasteiger partial charge in [-0.3, -0.25) is 4.79 Å². The summed E-state index contributed by atoms with van der Waals surface area (Å²) in [6.45, 7) is -0.0242. The van der Waals surface area contributed by atoms with Crippen LogP contribution in [0.25, 0.3) is 0 Å². The van der Waals surface area contributed by atoms with Crippen molar-refractivity contribution in [2.24, 2.45) is 0 Å². The van der Waals surface area contributed by atoms with Crippen LogP contribution in [0.4, 0.5) is 17.6 Å². The van der Waals surface area contributed by atoms with E-state index < -0.39 is 51.2 Å². The largest absolute Gasteiger partial charge is 0.497 e. The number of benzene rings is 2. The van der Waals surface area contributed by atoms with Gasteiger partial charge in [-0.15, -0.1) is 0 Å². The molecule has 0 heterocycles. The van der Waals surface area contributed by atoms with E-state index in [9.17, 15) is 27.2 Å². The predicted octanol–water partition coefficient (Wildman–Crippen LogP) is 6.00. The first-order chi connectivity index (χ1) is 16.7. The molecule has 3 rings (SSSR count). The first kappa shape index (κ1) is 26.8. The highest BCUT2D eigenvalue weighted by atomic mass is 32.1. The number of halogens is 4. The van der Waals surface area contributed by atoms with Crippen LogP contribution in [0.3, 0.4) is 0 Å². The predicted molar refractivity (Wildman–Crippen MR) is 125 cm³/mol. The number of amides is 1. The fraction of sp³-hybridized carbons (Fsp3) is 0.440. The average Bonchev–Trinajstić information content (AvgIpc) is 2.96. The van der Waals surface area contributed by atoms with Crippen LogP contribution in [0.2, 0.25) is 0 Å². The molecular formula is C25H27F4NO4S. The maximum Gasteiger partial charge on any atom is 0.343 e. The van der Waals surface area contributed by atoms with Crippen LogP contribution >= 0.6 is 12.6 Å². The summed E-state index contributed by atoms with van der Waals surface area (Å²) >= 11 is 4.68. The second-order valence-electron chi connectivity index (χ2n) is 8.61. The summed E-state index contributed by atoms with van der Waals surface area (Å²) in [6.07, 6.45) is 7.40. The summed E-state index contributed by atoms with van der Waals surface area (Å²) in [5.74, 6) is -11.8. The molecule has 2 aromatic carbocycles. The van der Waals surface area contributed by atoms with Gasteiger partial charge in [-0.05, 0) is 31.0 Å². The van der Waals surface area contributed by atoms with Gasteiger partial charge in [0.05, 0.1) is 12.7 Å². The summed E-state index contributed by atoms with van der Waals surface area (Å²) in [4.78, 5) is 24.8. The van der Waals surface area contributed by atoms with E-state index in [0.717, 1.165) is 38.5 Å². The number of ether oxygens (including phenoxy) is 2. The van der Waals surface area contributed by atoms with E-state index in [4.69, 9.17) is 4.74 Å². The lowest BCUT2D eigenvalue weighted by Gasteiger charge is -2.28. The molecule has 0 unspecified atom stereocenters. The maximum absolute atomic E-state index is 14.7. The zero-order valence-corrected chi connectivity index (χ0v) is 20.2. The Kier molecular flexibility index (Phi) is 9.04. The van der Waals surface area contributed by atoms with Gasteiger partial charge < -0.3 is 14.8 Å². The number of nitrogens with one attached hydrogen (secondary N) is 1. The Morgan fingerprint density at radius 3 is 2.09 bits per heavy atom. The number of carbonyl (C=O) groups is 2. The standard InChI is InChI=1S/C25H27F4NO4S/c1-33-16-10-8-9-15(13-16)24(32)34-22-20(28)18(26)17(19(27)21(22)29)23(31)30-14-25(35)11-6-4-2-3-5-7-12-25/h8-10,13,35H,2-7,11-12,14H2,1H3,(H,30,31). The first-order valence-corrected chi connectivity index (χ1v) is 11.8. The first-order valence-electron chi connectivity index (χ1n) is 11.4. The molecule has 0 spiro atoms. The van der Waals surface area contributed by atoms with Crippen molar-refractivity contribution in [3.8, 4) is 11.5 Å². The molecule has 190 valence electrons. The lowest BCUT2D eigenvalue weighted by atomic mass is 9.95. The molecule has 0 aliphatic heterocycles. The van der Waals surface area contributed by atoms with Gasteiger partial charge in [0, 0.05) is 11.3 Å². The fourth-order valence-corrected chi connectivity index (χ4v) is 4.45. The highest BCUT2D eigenvalue weighted by molar-refractivity contribution is 7.81. The molecule has 1 saturated carbocycles. The topological polar surface area (TPSA) is 64.6 Å². The second kappa shape index (κ2) is 11.8. The van der Waals surface area contributed by atoms with Crippen molar-refractivity contribution in [3.05, 3.63) is 58.7 Å². The van der Waals surface area contributed by atoms with Crippen LogP contribution < -0.4 is 14.8 Å². The third-order valence-corrected chi connectivity index (χ3v) is 6.67. The van der Waals surface area contributed by atoms with Crippen LogP contribution in [0.15, 0.2) is 24.3 Å². The zero-order valence-electron chi connectivity index (χ0n) is 19.3. The van der Waals surface area contributed by atoms with E-state index in [1.165, 1.54) is 31.4 Å². The van der Waals surface area contributed by atoms with E-state index >= 15 is 0 Å². The Morgan fingerprint density at radius 2 is 1.51 bits per heavy atom. The van der Waals surface area contributed by atoms with Gasteiger partial charge in [-0.25, -0.2) is 13.6 Å². The Hall–Kier alpha value is -2.75. The summed E-state index contributed by atoms with van der Waals surface area (Å²) < 4.78 is 67.6. The zero-order chi connectivity index (χ0) is 25.6. The number of hydrogen-bond acceptors (Lipinski definition) is 5. The Bertz CT molecular complexity index is 1060. The Morgan fingerprint density at radius 1 is 0.943 bits per heavy atom. The van der Waals surface area contributed by atoms with E-state index in [0.29, 0.717) is 12.8 Å². The fourth-order valence-electron chi connectivity index (χ4n) is 4.05. The molecule has 1 aliphatic carbocycles. The number of thiol groups is 1. The summed E-state index contributed by atoms with van der Waals surface area (Å²) in [7, 11) is 1.34. The molecule has 0 radical (unpaired) electrons. The van der Waals surface area contributed by atoms with Gasteiger partial charge in [0.1, 0.15) is 11.3 Å². The lowest BCUT2D eigenvalue weighted by molar-refractivity contribution is 0.0716. The minimum atomic E-state index is -1.99. The van der Waals surface area contributed by atoms with E-state index in [1.54, 1.807) is 0 Å². The highest BCUT2D eigenvalue weighted by Crippen LogP contribution is 2.33. The number of esters is 1. The second-order valence-corrected chi connectivity index (χ2v) is 9.56. The highest BCUT2D eigenvalue weighted by Gasteiger charge is 2.33. The molecule has 0 saturated heterocycles. The molecule has 35 heavy (non-hydrogen) atoms. The van der Waals surface area contributed by atoms with Gasteiger partial charge in [0.2, 0.25) is 17.4 Å². The van der Waals surface area contributed by atoms with Crippen LogP contribution in [0, 0.1) is 23.3 Å². The van der Waals surface area contributed by atoms with Crippen LogP contribution in [0.5, 0.6) is 11.5 Å². The molecule has 1 amide bonds. The third kappa shape index (κ3) is 6.48. The minimum Gasteiger partial charge on any atom is -0.497 e.